The zero-order chi connectivity index (χ0) is 19.4. The van der Waals surface area contributed by atoms with Crippen molar-refractivity contribution >= 4 is 17.5 Å². The smallest absolute Gasteiger partial charge is 0.269 e. The molecule has 0 aromatic heterocycles. The number of benzene rings is 2. The summed E-state index contributed by atoms with van der Waals surface area (Å²) >= 11 is 0. The molecule has 0 saturated carbocycles. The number of aliphatic hydroxyl groups is 1. The maximum atomic E-state index is 12.3. The number of rotatable bonds is 6. The molecule has 0 bridgehead atoms. The van der Waals surface area contributed by atoms with Crippen LogP contribution in [-0.2, 0) is 0 Å². The van der Waals surface area contributed by atoms with Crippen molar-refractivity contribution in [3.63, 3.8) is 0 Å². The lowest BCUT2D eigenvalue weighted by Gasteiger charge is -2.15. The molecule has 2 rings (SSSR count). The highest BCUT2D eigenvalue weighted by atomic mass is 16.6. The minimum Gasteiger partial charge on any atom is -0.507 e. The van der Waals surface area contributed by atoms with Gasteiger partial charge in [0.2, 0.25) is 0 Å². The fourth-order valence-electron chi connectivity index (χ4n) is 2.28. The van der Waals surface area contributed by atoms with Gasteiger partial charge in [-0.3, -0.25) is 14.9 Å². The van der Waals surface area contributed by atoms with E-state index in [1.54, 1.807) is 0 Å². The Balaban J connectivity index is 2.31. The quantitative estimate of drug-likeness (QED) is 0.240. The van der Waals surface area contributed by atoms with Crippen LogP contribution in [0.5, 0.6) is 11.5 Å². The lowest BCUT2D eigenvalue weighted by molar-refractivity contribution is -0.384. The molecule has 2 aromatic rings. The van der Waals surface area contributed by atoms with Gasteiger partial charge in [0.15, 0.2) is 5.78 Å². The van der Waals surface area contributed by atoms with Gasteiger partial charge in [0, 0.05) is 12.1 Å². The fraction of sp³-hybridized carbons (Fsp3) is 0.105. The Morgan fingerprint density at radius 3 is 2.35 bits per heavy atom. The molecule has 0 aliphatic rings. The Labute approximate surface area is 149 Å². The number of hydrogen-bond donors (Lipinski definition) is 3. The molecule has 2 aromatic carbocycles. The molecule has 0 aliphatic carbocycles. The molecule has 0 aliphatic heterocycles. The molecule has 0 saturated heterocycles. The number of phenols is 2. The van der Waals surface area contributed by atoms with Gasteiger partial charge in [-0.2, -0.15) is 0 Å². The molecule has 0 amide bonds. The highest BCUT2D eigenvalue weighted by Crippen LogP contribution is 2.38. The van der Waals surface area contributed by atoms with Crippen LogP contribution in [0.25, 0.3) is 6.08 Å². The van der Waals surface area contributed by atoms with E-state index in [1.165, 1.54) is 55.5 Å². The standard InChI is InChI=1S/C19H17NO6/c1-11(2)18(23)17-16(22)10-8-14(19(17)24)15(21)9-5-12-3-6-13(7-4-12)20(25)26/h3-10,18,22-24H,1H2,2H3/b9-5+. The molecule has 0 radical (unpaired) electrons. The SMILES string of the molecule is C=C(C)C(O)c1c(O)ccc(C(=O)/C=C/c2ccc([N+](=O)[O-])cc2)c1O. The first-order valence-corrected chi connectivity index (χ1v) is 7.57. The molecule has 7 heteroatoms. The van der Waals surface area contributed by atoms with Crippen LogP contribution in [0, 0.1) is 10.1 Å². The number of phenolic OH excluding ortho intramolecular Hbond substituents is 2. The Kier molecular flexibility index (Phi) is 5.54. The Bertz CT molecular complexity index is 899. The van der Waals surface area contributed by atoms with E-state index in [9.17, 15) is 30.2 Å². The molecule has 1 atom stereocenters. The van der Waals surface area contributed by atoms with E-state index in [1.807, 2.05) is 0 Å². The van der Waals surface area contributed by atoms with E-state index >= 15 is 0 Å². The minimum absolute atomic E-state index is 0.0666. The number of aromatic hydroxyl groups is 2. The number of allylic oxidation sites excluding steroid dienone is 1. The van der Waals surface area contributed by atoms with Gasteiger partial charge in [0.05, 0.1) is 16.1 Å². The van der Waals surface area contributed by atoms with Crippen LogP contribution in [0.2, 0.25) is 0 Å². The fourth-order valence-corrected chi connectivity index (χ4v) is 2.28. The molecule has 134 valence electrons. The summed E-state index contributed by atoms with van der Waals surface area (Å²) in [5.74, 6) is -1.44. The summed E-state index contributed by atoms with van der Waals surface area (Å²) in [6.45, 7) is 5.08. The predicted molar refractivity (Wildman–Crippen MR) is 96.0 cm³/mol. The molecule has 26 heavy (non-hydrogen) atoms. The monoisotopic (exact) mass is 355 g/mol. The van der Waals surface area contributed by atoms with E-state index in [0.29, 0.717) is 11.1 Å². The lowest BCUT2D eigenvalue weighted by Crippen LogP contribution is -2.03. The van der Waals surface area contributed by atoms with Gasteiger partial charge in [0.1, 0.15) is 17.6 Å². The van der Waals surface area contributed by atoms with Gasteiger partial charge in [-0.05, 0) is 48.4 Å². The molecular weight excluding hydrogens is 338 g/mol. The van der Waals surface area contributed by atoms with Crippen LogP contribution in [0.3, 0.4) is 0 Å². The first-order valence-electron chi connectivity index (χ1n) is 7.57. The van der Waals surface area contributed by atoms with Crippen molar-refractivity contribution in [2.75, 3.05) is 0 Å². The van der Waals surface area contributed by atoms with Gasteiger partial charge in [0.25, 0.3) is 5.69 Å². The number of nitro groups is 1. The average Bonchev–Trinajstić information content (AvgIpc) is 2.59. The molecule has 0 heterocycles. The van der Waals surface area contributed by atoms with Gasteiger partial charge >= 0.3 is 0 Å². The highest BCUT2D eigenvalue weighted by Gasteiger charge is 2.22. The summed E-state index contributed by atoms with van der Waals surface area (Å²) in [7, 11) is 0. The van der Waals surface area contributed by atoms with E-state index in [-0.39, 0.29) is 22.6 Å². The maximum Gasteiger partial charge on any atom is 0.269 e. The van der Waals surface area contributed by atoms with E-state index < -0.39 is 22.6 Å². The van der Waals surface area contributed by atoms with Crippen LogP contribution in [-0.4, -0.2) is 26.0 Å². The highest BCUT2D eigenvalue weighted by molar-refractivity contribution is 6.09. The second-order valence-electron chi connectivity index (χ2n) is 5.69. The summed E-state index contributed by atoms with van der Waals surface area (Å²) in [5.41, 5.74) is 0.498. The van der Waals surface area contributed by atoms with Crippen molar-refractivity contribution in [3.05, 3.63) is 81.4 Å². The van der Waals surface area contributed by atoms with Gasteiger partial charge in [-0.1, -0.05) is 12.7 Å². The zero-order valence-corrected chi connectivity index (χ0v) is 13.9. The van der Waals surface area contributed by atoms with Gasteiger partial charge < -0.3 is 15.3 Å². The van der Waals surface area contributed by atoms with Crippen LogP contribution in [0.15, 0.2) is 54.6 Å². The van der Waals surface area contributed by atoms with Crippen LogP contribution < -0.4 is 0 Å². The molecule has 1 unspecified atom stereocenters. The van der Waals surface area contributed by atoms with E-state index in [4.69, 9.17) is 0 Å². The van der Waals surface area contributed by atoms with E-state index in [2.05, 4.69) is 6.58 Å². The van der Waals surface area contributed by atoms with Crippen molar-refractivity contribution in [1.82, 2.24) is 0 Å². The normalized spacial score (nSPS) is 12.1. The summed E-state index contributed by atoms with van der Waals surface area (Å²) in [4.78, 5) is 22.4. The molecule has 0 fully saturated rings. The van der Waals surface area contributed by atoms with Crippen molar-refractivity contribution in [1.29, 1.82) is 0 Å². The summed E-state index contributed by atoms with van der Waals surface area (Å²) < 4.78 is 0. The van der Waals surface area contributed by atoms with Crippen LogP contribution in [0.1, 0.15) is 34.5 Å². The summed E-state index contributed by atoms with van der Waals surface area (Å²) in [6.07, 6.45) is 1.30. The molecule has 0 spiro atoms. The predicted octanol–water partition coefficient (Wildman–Crippen LogP) is 3.51. The molecule has 7 nitrogen and oxygen atoms in total. The Morgan fingerprint density at radius 1 is 1.19 bits per heavy atom. The second-order valence-corrected chi connectivity index (χ2v) is 5.69. The topological polar surface area (TPSA) is 121 Å². The van der Waals surface area contributed by atoms with Crippen molar-refractivity contribution in [3.8, 4) is 11.5 Å². The van der Waals surface area contributed by atoms with Crippen molar-refractivity contribution in [2.24, 2.45) is 0 Å². The second kappa shape index (κ2) is 7.62. The number of nitrogens with zero attached hydrogens (tertiary/aromatic N) is 1. The van der Waals surface area contributed by atoms with E-state index in [0.717, 1.165) is 0 Å². The third-order valence-corrected chi connectivity index (χ3v) is 3.73. The Hall–Kier alpha value is -3.45. The molecular formula is C19H17NO6. The lowest BCUT2D eigenvalue weighted by atomic mass is 9.97. The van der Waals surface area contributed by atoms with Crippen molar-refractivity contribution < 1.29 is 25.0 Å². The number of nitro benzene ring substituents is 1. The van der Waals surface area contributed by atoms with Crippen LogP contribution >= 0.6 is 0 Å². The third kappa shape index (κ3) is 3.96. The van der Waals surface area contributed by atoms with Crippen LogP contribution in [0.4, 0.5) is 5.69 Å². The summed E-state index contributed by atoms with van der Waals surface area (Å²) in [5, 5.41) is 40.8. The van der Waals surface area contributed by atoms with Gasteiger partial charge in [-0.25, -0.2) is 0 Å². The Morgan fingerprint density at radius 2 is 1.81 bits per heavy atom. The molecule has 3 N–H and O–H groups in total. The number of hydrogen-bond acceptors (Lipinski definition) is 6. The number of non-ortho nitro benzene ring substituents is 1. The minimum atomic E-state index is -1.32. The largest absolute Gasteiger partial charge is 0.507 e. The van der Waals surface area contributed by atoms with Gasteiger partial charge in [-0.15, -0.1) is 0 Å². The first kappa shape index (κ1) is 18.9. The number of ketones is 1. The third-order valence-electron chi connectivity index (χ3n) is 3.73. The number of aliphatic hydroxyl groups excluding tert-OH is 1. The maximum absolute atomic E-state index is 12.3. The number of carbonyl (C=O) groups excluding carboxylic acids is 1. The average molecular weight is 355 g/mol. The summed E-state index contributed by atoms with van der Waals surface area (Å²) in [6, 6.07) is 8.02. The zero-order valence-electron chi connectivity index (χ0n) is 13.9. The first-order chi connectivity index (χ1) is 12.2. The van der Waals surface area contributed by atoms with Crippen molar-refractivity contribution in [2.45, 2.75) is 13.0 Å². The number of carbonyl (C=O) groups is 1.